The Hall–Kier alpha value is -3.55. The molecule has 0 radical (unpaired) electrons. The van der Waals surface area contributed by atoms with Gasteiger partial charge in [-0.3, -0.25) is 4.79 Å². The number of benzene rings is 2. The highest BCUT2D eigenvalue weighted by Gasteiger charge is 2.32. The lowest BCUT2D eigenvalue weighted by Gasteiger charge is -2.32. The van der Waals surface area contributed by atoms with Gasteiger partial charge in [-0.1, -0.05) is 75.6 Å². The van der Waals surface area contributed by atoms with Crippen molar-refractivity contribution in [2.24, 2.45) is 5.92 Å². The van der Waals surface area contributed by atoms with E-state index in [1.54, 1.807) is 42.5 Å². The summed E-state index contributed by atoms with van der Waals surface area (Å²) in [4.78, 5) is 26.4. The molecule has 2 N–H and O–H groups in total. The van der Waals surface area contributed by atoms with Gasteiger partial charge in [-0.25, -0.2) is 4.79 Å². The summed E-state index contributed by atoms with van der Waals surface area (Å²) in [5.41, 5.74) is 2.50. The van der Waals surface area contributed by atoms with E-state index in [0.717, 1.165) is 5.56 Å². The quantitative estimate of drug-likeness (QED) is 0.485. The average Bonchev–Trinajstić information content (AvgIpc) is 3.42. The van der Waals surface area contributed by atoms with Crippen LogP contribution in [0.4, 0.5) is 0 Å². The highest BCUT2D eigenvalue weighted by Crippen LogP contribution is 2.30. The molecule has 0 unspecified atom stereocenters. The van der Waals surface area contributed by atoms with Crippen LogP contribution < -0.4 is 0 Å². The second kappa shape index (κ2) is 10.7. The zero-order chi connectivity index (χ0) is 31.0. The molecule has 8 nitrogen and oxygen atoms in total. The van der Waals surface area contributed by atoms with E-state index in [1.165, 1.54) is 13.8 Å². The molecule has 0 aliphatic rings. The Balaban J connectivity index is 2.03. The van der Waals surface area contributed by atoms with Crippen molar-refractivity contribution in [1.82, 2.24) is 25.5 Å². The summed E-state index contributed by atoms with van der Waals surface area (Å²) in [6.07, 6.45) is -11.4. The number of carbonyl (C=O) groups is 2. The van der Waals surface area contributed by atoms with Crippen molar-refractivity contribution in [1.29, 1.82) is 0 Å². The van der Waals surface area contributed by atoms with Crippen LogP contribution >= 0.6 is 0 Å². The van der Waals surface area contributed by atoms with Crippen LogP contribution in [0.3, 0.4) is 0 Å². The molecule has 0 fully saturated rings. The zero-order valence-corrected chi connectivity index (χ0v) is 17.5. The van der Waals surface area contributed by atoms with Gasteiger partial charge in [0.2, 0.25) is 11.7 Å². The number of aromatic amines is 1. The third-order valence-electron chi connectivity index (χ3n) is 4.84. The molecular weight excluding hydrogens is 406 g/mol. The van der Waals surface area contributed by atoms with Crippen LogP contribution in [0.15, 0.2) is 48.5 Å². The molecule has 1 atom stereocenters. The van der Waals surface area contributed by atoms with E-state index in [9.17, 15) is 14.7 Å². The van der Waals surface area contributed by atoms with Gasteiger partial charge in [-0.2, -0.15) is 5.21 Å². The number of nitrogens with one attached hydrogen (secondary N) is 1. The van der Waals surface area contributed by atoms with E-state index in [2.05, 4.69) is 20.6 Å². The van der Waals surface area contributed by atoms with Crippen molar-refractivity contribution in [3.8, 4) is 22.5 Å². The van der Waals surface area contributed by atoms with E-state index < -0.39 is 56.4 Å². The molecule has 0 bridgehead atoms. The van der Waals surface area contributed by atoms with Crippen molar-refractivity contribution in [2.45, 2.75) is 52.4 Å². The number of aromatic nitrogens is 4. The molecule has 1 aromatic heterocycles. The molecule has 0 saturated heterocycles. The monoisotopic (exact) mass is 444 g/mol. The van der Waals surface area contributed by atoms with Crippen LogP contribution in [0.5, 0.6) is 0 Å². The second-order valence-corrected chi connectivity index (χ2v) is 7.31. The predicted molar refractivity (Wildman–Crippen MR) is 121 cm³/mol. The number of carboxylic acids is 1. The third kappa shape index (κ3) is 5.38. The van der Waals surface area contributed by atoms with Gasteiger partial charge in [0, 0.05) is 30.8 Å². The number of hydrogen-bond acceptors (Lipinski definition) is 5. The lowest BCUT2D eigenvalue weighted by Crippen LogP contribution is -2.47. The summed E-state index contributed by atoms with van der Waals surface area (Å²) >= 11 is 0. The predicted octanol–water partition coefficient (Wildman–Crippen LogP) is 4.16. The molecule has 3 aromatic rings. The highest BCUT2D eigenvalue weighted by atomic mass is 16.4. The van der Waals surface area contributed by atoms with Gasteiger partial charge in [0.15, 0.2) is 0 Å². The number of tetrazole rings is 1. The topological polar surface area (TPSA) is 112 Å². The van der Waals surface area contributed by atoms with Gasteiger partial charge < -0.3 is 10.0 Å². The van der Waals surface area contributed by atoms with Crippen LogP contribution in [0.25, 0.3) is 22.5 Å². The van der Waals surface area contributed by atoms with Gasteiger partial charge in [0.1, 0.15) is 6.04 Å². The Morgan fingerprint density at radius 3 is 2.47 bits per heavy atom. The lowest BCUT2D eigenvalue weighted by molar-refractivity contribution is -0.153. The fraction of sp³-hybridized carbons (Fsp3) is 0.375. The van der Waals surface area contributed by atoms with Crippen LogP contribution in [0.1, 0.15) is 57.7 Å². The number of nitrogens with zero attached hydrogens (tertiary/aromatic N) is 4. The van der Waals surface area contributed by atoms with E-state index in [-0.39, 0.29) is 0 Å². The molecule has 8 heteroatoms. The van der Waals surface area contributed by atoms with Crippen molar-refractivity contribution in [3.05, 3.63) is 54.1 Å². The maximum Gasteiger partial charge on any atom is 0.326 e. The summed E-state index contributed by atoms with van der Waals surface area (Å²) < 4.78 is 70.6. The summed E-state index contributed by atoms with van der Waals surface area (Å²) in [7, 11) is 0. The molecule has 2 aromatic carbocycles. The molecule has 3 rings (SSSR count). The van der Waals surface area contributed by atoms with Crippen molar-refractivity contribution < 1.29 is 27.0 Å². The minimum absolute atomic E-state index is 0.358. The second-order valence-electron chi connectivity index (χ2n) is 7.31. The van der Waals surface area contributed by atoms with E-state index >= 15 is 0 Å². The number of carboxylic acid groups (broad SMARTS) is 1. The smallest absolute Gasteiger partial charge is 0.326 e. The summed E-state index contributed by atoms with van der Waals surface area (Å²) in [5, 5.41) is 23.9. The summed E-state index contributed by atoms with van der Waals surface area (Å²) in [6, 6.07) is 12.1. The van der Waals surface area contributed by atoms with E-state index in [0.29, 0.717) is 27.4 Å². The fourth-order valence-corrected chi connectivity index (χ4v) is 3.42. The van der Waals surface area contributed by atoms with Crippen LogP contribution in [0, 0.1) is 5.92 Å². The van der Waals surface area contributed by atoms with E-state index in [4.69, 9.17) is 12.3 Å². The number of aliphatic carboxylic acids is 1. The minimum Gasteiger partial charge on any atom is -0.480 e. The van der Waals surface area contributed by atoms with Gasteiger partial charge >= 0.3 is 5.97 Å². The largest absolute Gasteiger partial charge is 0.480 e. The third-order valence-corrected chi connectivity index (χ3v) is 4.84. The average molecular weight is 445 g/mol. The number of amides is 1. The number of rotatable bonds is 10. The molecule has 0 aliphatic heterocycles. The van der Waals surface area contributed by atoms with Crippen LogP contribution in [0.2, 0.25) is 0 Å². The zero-order valence-electron chi connectivity index (χ0n) is 26.5. The molecule has 0 saturated carbocycles. The van der Waals surface area contributed by atoms with Gasteiger partial charge in [-0.15, -0.1) is 10.2 Å². The number of H-pyrrole nitrogens is 1. The van der Waals surface area contributed by atoms with Crippen molar-refractivity contribution in [2.75, 3.05) is 0 Å². The maximum absolute atomic E-state index is 13.6. The maximum atomic E-state index is 13.6. The first-order valence-corrected chi connectivity index (χ1v) is 9.80. The van der Waals surface area contributed by atoms with E-state index in [1.807, 2.05) is 6.07 Å². The van der Waals surface area contributed by atoms with Crippen molar-refractivity contribution in [3.63, 3.8) is 0 Å². The van der Waals surface area contributed by atoms with Gasteiger partial charge in [0.05, 0.1) is 0 Å². The SMILES string of the molecule is [2H]C([2H])([2H])C([2H])([2H])C([2H])([2H])C([2H])([2H])C(=O)N(Cc1ccc(-c2ccccc2-c2nn[nH]n2)cc1)[C@H](C(=O)O)C(C)C. The normalized spacial score (nSPS) is 17.9. The Labute approximate surface area is 200 Å². The first-order valence-electron chi connectivity index (χ1n) is 14.3. The van der Waals surface area contributed by atoms with Crippen LogP contribution in [-0.4, -0.2) is 48.5 Å². The molecule has 0 spiro atoms. The number of carbonyl (C=O) groups excluding carboxylic acids is 1. The summed E-state index contributed by atoms with van der Waals surface area (Å²) in [5.74, 6) is -3.59. The molecule has 1 heterocycles. The Morgan fingerprint density at radius 2 is 1.88 bits per heavy atom. The van der Waals surface area contributed by atoms with Crippen LogP contribution in [-0.2, 0) is 16.1 Å². The molecule has 0 aliphatic carbocycles. The number of hydrogen-bond donors (Lipinski definition) is 2. The van der Waals surface area contributed by atoms with Gasteiger partial charge in [0.25, 0.3) is 0 Å². The molecule has 1 amide bonds. The van der Waals surface area contributed by atoms with Crippen molar-refractivity contribution >= 4 is 11.9 Å². The minimum atomic E-state index is -3.86. The first kappa shape index (κ1) is 13.8. The Morgan fingerprint density at radius 1 is 1.16 bits per heavy atom. The first-order chi connectivity index (χ1) is 18.8. The Bertz CT molecular complexity index is 1380. The molecular formula is C24H29N5O3. The fourth-order valence-electron chi connectivity index (χ4n) is 3.42. The Kier molecular flexibility index (Phi) is 4.59. The van der Waals surface area contributed by atoms with Gasteiger partial charge in [-0.05, 0) is 34.2 Å². The highest BCUT2D eigenvalue weighted by molar-refractivity contribution is 5.84. The lowest BCUT2D eigenvalue weighted by atomic mass is 9.97. The summed E-state index contributed by atoms with van der Waals surface area (Å²) in [6.45, 7) is -1.15. The standard InChI is InChI=1S/C24H29N5O3/c1-4-5-10-21(30)29(22(16(2)3)24(31)32)15-17-11-13-18(14-12-17)19-8-6-7-9-20(19)23-25-27-28-26-23/h6-9,11-14,16,22H,4-5,10,15H2,1-3H3,(H,31,32)(H,25,26,27,28)/t22-/m0/s1/i1D3,4D2,5D2,10D2. The molecule has 168 valence electrons. The molecule has 32 heavy (non-hydrogen) atoms.